The molecule has 1 heterocycles. The van der Waals surface area contributed by atoms with Gasteiger partial charge in [0.25, 0.3) is 0 Å². The van der Waals surface area contributed by atoms with Crippen LogP contribution in [-0.4, -0.2) is 16.6 Å². The molecule has 2 aromatic rings. The highest BCUT2D eigenvalue weighted by Crippen LogP contribution is 2.19. The van der Waals surface area contributed by atoms with Gasteiger partial charge in [-0.3, -0.25) is 0 Å². The van der Waals surface area contributed by atoms with Crippen molar-refractivity contribution in [2.45, 2.75) is 85.0 Å². The number of ether oxygens (including phenoxy) is 1. The summed E-state index contributed by atoms with van der Waals surface area (Å²) in [4.78, 5) is 8.95. The molecule has 1 aromatic heterocycles. The number of aromatic nitrogens is 2. The highest BCUT2D eigenvalue weighted by atomic mass is 16.5. The SMILES string of the molecule is CCCCCCc1ccc(-c2cnc(OCCCCCC(C)CC)cn2)cc1. The van der Waals surface area contributed by atoms with E-state index in [0.29, 0.717) is 5.88 Å². The van der Waals surface area contributed by atoms with E-state index >= 15 is 0 Å². The first-order valence-corrected chi connectivity index (χ1v) is 11.3. The lowest BCUT2D eigenvalue weighted by Crippen LogP contribution is -2.00. The maximum atomic E-state index is 5.74. The molecule has 0 saturated heterocycles. The number of hydrogen-bond donors (Lipinski definition) is 0. The van der Waals surface area contributed by atoms with Gasteiger partial charge in [-0.1, -0.05) is 90.0 Å². The van der Waals surface area contributed by atoms with Gasteiger partial charge in [-0.25, -0.2) is 9.97 Å². The fourth-order valence-corrected chi connectivity index (χ4v) is 3.29. The van der Waals surface area contributed by atoms with Crippen LogP contribution in [0.1, 0.15) is 84.1 Å². The van der Waals surface area contributed by atoms with Crippen LogP contribution in [0, 0.1) is 5.92 Å². The van der Waals surface area contributed by atoms with Crippen LogP contribution in [0.5, 0.6) is 5.88 Å². The van der Waals surface area contributed by atoms with E-state index in [2.05, 4.69) is 55.0 Å². The van der Waals surface area contributed by atoms with Crippen molar-refractivity contribution in [2.24, 2.45) is 5.92 Å². The van der Waals surface area contributed by atoms with Crippen LogP contribution in [0.4, 0.5) is 0 Å². The summed E-state index contributed by atoms with van der Waals surface area (Å²) < 4.78 is 5.74. The van der Waals surface area contributed by atoms with Crippen LogP contribution in [0.3, 0.4) is 0 Å². The summed E-state index contributed by atoms with van der Waals surface area (Å²) in [5, 5.41) is 0. The lowest BCUT2D eigenvalue weighted by Gasteiger charge is -2.08. The standard InChI is InChI=1S/C25H38N2O/c1-4-6-7-10-13-22-14-16-23(17-15-22)24-19-27-25(20-26-24)28-18-11-8-9-12-21(3)5-2/h14-17,19-21H,4-13,18H2,1-3H3. The lowest BCUT2D eigenvalue weighted by atomic mass is 10.0. The van der Waals surface area contributed by atoms with E-state index in [-0.39, 0.29) is 0 Å². The first kappa shape index (κ1) is 22.4. The van der Waals surface area contributed by atoms with Crippen molar-refractivity contribution < 1.29 is 4.74 Å². The summed E-state index contributed by atoms with van der Waals surface area (Å²) in [5.74, 6) is 1.47. The van der Waals surface area contributed by atoms with Gasteiger partial charge in [0.05, 0.1) is 24.7 Å². The van der Waals surface area contributed by atoms with Gasteiger partial charge in [-0.15, -0.1) is 0 Å². The van der Waals surface area contributed by atoms with E-state index in [0.717, 1.165) is 36.6 Å². The smallest absolute Gasteiger partial charge is 0.232 e. The van der Waals surface area contributed by atoms with E-state index in [9.17, 15) is 0 Å². The first-order valence-electron chi connectivity index (χ1n) is 11.3. The number of rotatable bonds is 14. The van der Waals surface area contributed by atoms with E-state index in [4.69, 9.17) is 4.74 Å². The van der Waals surface area contributed by atoms with Gasteiger partial charge in [0, 0.05) is 5.56 Å². The quantitative estimate of drug-likeness (QED) is 0.323. The molecule has 0 aliphatic heterocycles. The largest absolute Gasteiger partial charge is 0.477 e. The van der Waals surface area contributed by atoms with Crippen molar-refractivity contribution in [3.63, 3.8) is 0 Å². The summed E-state index contributed by atoms with van der Waals surface area (Å²) >= 11 is 0. The number of unbranched alkanes of at least 4 members (excludes halogenated alkanes) is 5. The predicted molar refractivity (Wildman–Crippen MR) is 119 cm³/mol. The maximum Gasteiger partial charge on any atom is 0.232 e. The summed E-state index contributed by atoms with van der Waals surface area (Å²) in [6, 6.07) is 8.73. The topological polar surface area (TPSA) is 35.0 Å². The van der Waals surface area contributed by atoms with E-state index < -0.39 is 0 Å². The molecule has 1 aromatic carbocycles. The van der Waals surface area contributed by atoms with Gasteiger partial charge in [0.15, 0.2) is 0 Å². The molecule has 3 nitrogen and oxygen atoms in total. The van der Waals surface area contributed by atoms with Crippen LogP contribution in [0.25, 0.3) is 11.3 Å². The molecule has 0 saturated carbocycles. The normalized spacial score (nSPS) is 12.1. The fourth-order valence-electron chi connectivity index (χ4n) is 3.29. The Morgan fingerprint density at radius 1 is 0.857 bits per heavy atom. The van der Waals surface area contributed by atoms with E-state index in [1.165, 1.54) is 56.9 Å². The molecule has 0 bridgehead atoms. The van der Waals surface area contributed by atoms with Gasteiger partial charge in [0.1, 0.15) is 0 Å². The molecule has 0 amide bonds. The van der Waals surface area contributed by atoms with Crippen LogP contribution in [0.2, 0.25) is 0 Å². The Labute approximate surface area is 172 Å². The molecule has 0 fully saturated rings. The van der Waals surface area contributed by atoms with Gasteiger partial charge in [0.2, 0.25) is 5.88 Å². The Morgan fingerprint density at radius 3 is 2.32 bits per heavy atom. The Morgan fingerprint density at radius 2 is 1.64 bits per heavy atom. The van der Waals surface area contributed by atoms with E-state index in [1.54, 1.807) is 6.20 Å². The molecule has 1 unspecified atom stereocenters. The summed E-state index contributed by atoms with van der Waals surface area (Å²) in [6.07, 6.45) is 16.1. The van der Waals surface area contributed by atoms with Crippen LogP contribution in [0.15, 0.2) is 36.7 Å². The van der Waals surface area contributed by atoms with Crippen LogP contribution in [-0.2, 0) is 6.42 Å². The molecule has 0 N–H and O–H groups in total. The number of aryl methyl sites for hydroxylation is 1. The molecule has 2 rings (SSSR count). The zero-order valence-corrected chi connectivity index (χ0v) is 18.1. The highest BCUT2D eigenvalue weighted by Gasteiger charge is 2.03. The maximum absolute atomic E-state index is 5.74. The minimum Gasteiger partial charge on any atom is -0.477 e. The molecule has 154 valence electrons. The summed E-state index contributed by atoms with van der Waals surface area (Å²) in [6.45, 7) is 7.57. The van der Waals surface area contributed by atoms with Crippen molar-refractivity contribution >= 4 is 0 Å². The summed E-state index contributed by atoms with van der Waals surface area (Å²) in [7, 11) is 0. The van der Waals surface area contributed by atoms with Crippen molar-refractivity contribution in [3.8, 4) is 17.1 Å². The fraction of sp³-hybridized carbons (Fsp3) is 0.600. The van der Waals surface area contributed by atoms with Crippen LogP contribution < -0.4 is 4.74 Å². The number of hydrogen-bond acceptors (Lipinski definition) is 3. The van der Waals surface area contributed by atoms with E-state index in [1.807, 2.05) is 6.20 Å². The second-order valence-electron chi connectivity index (χ2n) is 7.96. The zero-order chi connectivity index (χ0) is 20.0. The Balaban J connectivity index is 1.71. The van der Waals surface area contributed by atoms with Gasteiger partial charge in [-0.2, -0.15) is 0 Å². The van der Waals surface area contributed by atoms with Crippen molar-refractivity contribution in [1.82, 2.24) is 9.97 Å². The van der Waals surface area contributed by atoms with Crippen molar-refractivity contribution in [3.05, 3.63) is 42.2 Å². The molecule has 0 aliphatic carbocycles. The van der Waals surface area contributed by atoms with Crippen molar-refractivity contribution in [2.75, 3.05) is 6.61 Å². The molecule has 1 atom stereocenters. The summed E-state index contributed by atoms with van der Waals surface area (Å²) in [5.41, 5.74) is 3.42. The third-order valence-electron chi connectivity index (χ3n) is 5.48. The molecular weight excluding hydrogens is 344 g/mol. The minimum absolute atomic E-state index is 0.623. The lowest BCUT2D eigenvalue weighted by molar-refractivity contribution is 0.290. The second kappa shape index (κ2) is 13.3. The van der Waals surface area contributed by atoms with Gasteiger partial charge in [-0.05, 0) is 30.7 Å². The first-order chi connectivity index (χ1) is 13.7. The van der Waals surface area contributed by atoms with Crippen LogP contribution >= 0.6 is 0 Å². The predicted octanol–water partition coefficient (Wildman–Crippen LogP) is 7.25. The Hall–Kier alpha value is -1.90. The minimum atomic E-state index is 0.623. The molecule has 0 aliphatic rings. The number of nitrogens with zero attached hydrogens (tertiary/aromatic N) is 2. The Kier molecular flexibility index (Phi) is 10.6. The Bertz CT molecular complexity index is 637. The van der Waals surface area contributed by atoms with Crippen molar-refractivity contribution in [1.29, 1.82) is 0 Å². The van der Waals surface area contributed by atoms with Gasteiger partial charge >= 0.3 is 0 Å². The monoisotopic (exact) mass is 382 g/mol. The third kappa shape index (κ3) is 8.41. The second-order valence-corrected chi connectivity index (χ2v) is 7.96. The highest BCUT2D eigenvalue weighted by molar-refractivity contribution is 5.58. The average Bonchev–Trinajstić information content (AvgIpc) is 2.74. The van der Waals surface area contributed by atoms with Gasteiger partial charge < -0.3 is 4.74 Å². The zero-order valence-electron chi connectivity index (χ0n) is 18.1. The number of benzene rings is 1. The molecule has 28 heavy (non-hydrogen) atoms. The molecule has 3 heteroatoms. The molecule has 0 radical (unpaired) electrons. The molecule has 0 spiro atoms. The third-order valence-corrected chi connectivity index (χ3v) is 5.48. The molecular formula is C25H38N2O. The average molecular weight is 383 g/mol.